The van der Waals surface area contributed by atoms with E-state index < -0.39 is 0 Å². The highest BCUT2D eigenvalue weighted by molar-refractivity contribution is 5.90. The predicted molar refractivity (Wildman–Crippen MR) is 81.0 cm³/mol. The van der Waals surface area contributed by atoms with Crippen LogP contribution < -0.4 is 0 Å². The number of fused-ring (bicyclic) bond motifs is 2. The topological polar surface area (TPSA) is 58.3 Å². The van der Waals surface area contributed by atoms with Gasteiger partial charge in [0, 0.05) is 34.3 Å². The third kappa shape index (κ3) is 1.72. The first-order valence-corrected chi connectivity index (χ1v) is 7.25. The lowest BCUT2D eigenvalue weighted by molar-refractivity contribution is 0.400. The zero-order valence-electron chi connectivity index (χ0n) is 11.6. The summed E-state index contributed by atoms with van der Waals surface area (Å²) in [4.78, 5) is 4.12. The van der Waals surface area contributed by atoms with E-state index in [0.29, 0.717) is 0 Å². The number of aromatic hydroxyl groups is 2. The molecule has 1 aromatic carbocycles. The van der Waals surface area contributed by atoms with Crippen LogP contribution in [0, 0.1) is 0 Å². The van der Waals surface area contributed by atoms with E-state index in [1.165, 1.54) is 0 Å². The quantitative estimate of drug-likeness (QED) is 0.719. The number of hydrogen-bond donors (Lipinski definition) is 2. The van der Waals surface area contributed by atoms with E-state index in [9.17, 15) is 10.2 Å². The summed E-state index contributed by atoms with van der Waals surface area (Å²) in [5.74, 6) is 0.345. The van der Waals surface area contributed by atoms with E-state index in [-0.39, 0.29) is 11.8 Å². The SMILES string of the molecule is Oc1c2c(c(O)n1-c1cccc3cnccc13)CCCC2. The molecule has 0 fully saturated rings. The average molecular weight is 280 g/mol. The molecular weight excluding hydrogens is 264 g/mol. The number of nitrogens with zero attached hydrogens (tertiary/aromatic N) is 2. The molecule has 2 heterocycles. The largest absolute Gasteiger partial charge is 0.494 e. The third-order valence-electron chi connectivity index (χ3n) is 4.33. The molecule has 0 amide bonds. The average Bonchev–Trinajstić information content (AvgIpc) is 2.79. The standard InChI is InChI=1S/C17H16N2O2/c20-16-13-5-1-2-6-14(13)17(21)19(16)15-7-3-4-11-10-18-9-8-12(11)15/h3-4,7-10,20-21H,1-2,5-6H2. The van der Waals surface area contributed by atoms with Crippen molar-refractivity contribution in [2.45, 2.75) is 25.7 Å². The zero-order chi connectivity index (χ0) is 14.4. The first kappa shape index (κ1) is 12.3. The number of aromatic nitrogens is 2. The minimum Gasteiger partial charge on any atom is -0.494 e. The van der Waals surface area contributed by atoms with Crippen LogP contribution in [0.15, 0.2) is 36.7 Å². The Hall–Kier alpha value is -2.49. The molecule has 1 aliphatic carbocycles. The van der Waals surface area contributed by atoms with Crippen LogP contribution in [0.3, 0.4) is 0 Å². The summed E-state index contributed by atoms with van der Waals surface area (Å²) in [5.41, 5.74) is 2.58. The van der Waals surface area contributed by atoms with Gasteiger partial charge in [-0.05, 0) is 37.8 Å². The summed E-state index contributed by atoms with van der Waals surface area (Å²) >= 11 is 0. The number of rotatable bonds is 1. The number of hydrogen-bond acceptors (Lipinski definition) is 3. The maximum Gasteiger partial charge on any atom is 0.202 e. The van der Waals surface area contributed by atoms with Crippen LogP contribution in [-0.2, 0) is 12.8 Å². The summed E-state index contributed by atoms with van der Waals surface area (Å²) < 4.78 is 1.57. The summed E-state index contributed by atoms with van der Waals surface area (Å²) in [5, 5.41) is 23.1. The molecule has 3 aromatic rings. The molecule has 0 bridgehead atoms. The van der Waals surface area contributed by atoms with Crippen molar-refractivity contribution < 1.29 is 10.2 Å². The van der Waals surface area contributed by atoms with Gasteiger partial charge in [0.25, 0.3) is 0 Å². The smallest absolute Gasteiger partial charge is 0.202 e. The number of benzene rings is 1. The van der Waals surface area contributed by atoms with Crippen LogP contribution in [0.1, 0.15) is 24.0 Å². The second-order valence-electron chi connectivity index (χ2n) is 5.52. The van der Waals surface area contributed by atoms with Crippen molar-refractivity contribution in [1.82, 2.24) is 9.55 Å². The molecule has 0 atom stereocenters. The molecule has 4 heteroatoms. The molecule has 0 aliphatic heterocycles. The van der Waals surface area contributed by atoms with Crippen LogP contribution >= 0.6 is 0 Å². The zero-order valence-corrected chi connectivity index (χ0v) is 11.6. The van der Waals surface area contributed by atoms with Crippen LogP contribution in [0.4, 0.5) is 0 Å². The highest BCUT2D eigenvalue weighted by Crippen LogP contribution is 2.41. The molecule has 2 aromatic heterocycles. The normalized spacial score (nSPS) is 14.3. The molecule has 0 radical (unpaired) electrons. The summed E-state index contributed by atoms with van der Waals surface area (Å²) in [6, 6.07) is 7.70. The molecule has 2 N–H and O–H groups in total. The van der Waals surface area contributed by atoms with Crippen LogP contribution in [0.5, 0.6) is 11.8 Å². The molecule has 106 valence electrons. The van der Waals surface area contributed by atoms with Crippen molar-refractivity contribution >= 4 is 10.8 Å². The molecular formula is C17H16N2O2. The monoisotopic (exact) mass is 280 g/mol. The van der Waals surface area contributed by atoms with Crippen LogP contribution in [0.25, 0.3) is 16.5 Å². The van der Waals surface area contributed by atoms with E-state index >= 15 is 0 Å². The molecule has 21 heavy (non-hydrogen) atoms. The second-order valence-corrected chi connectivity index (χ2v) is 5.52. The lowest BCUT2D eigenvalue weighted by Gasteiger charge is -2.10. The molecule has 4 nitrogen and oxygen atoms in total. The Labute approximate surface area is 122 Å². The van der Waals surface area contributed by atoms with E-state index in [4.69, 9.17) is 0 Å². The summed E-state index contributed by atoms with van der Waals surface area (Å²) in [6.07, 6.45) is 7.29. The lowest BCUT2D eigenvalue weighted by atomic mass is 9.95. The van der Waals surface area contributed by atoms with Gasteiger partial charge in [-0.3, -0.25) is 9.55 Å². The Morgan fingerprint density at radius 1 is 0.952 bits per heavy atom. The van der Waals surface area contributed by atoms with Crippen molar-refractivity contribution in [3.05, 3.63) is 47.8 Å². The Balaban J connectivity index is 2.04. The van der Waals surface area contributed by atoms with Crippen molar-refractivity contribution in [3.8, 4) is 17.4 Å². The minimum absolute atomic E-state index is 0.173. The van der Waals surface area contributed by atoms with Crippen molar-refractivity contribution in [1.29, 1.82) is 0 Å². The van der Waals surface area contributed by atoms with E-state index in [0.717, 1.165) is 53.3 Å². The van der Waals surface area contributed by atoms with E-state index in [2.05, 4.69) is 4.98 Å². The van der Waals surface area contributed by atoms with Crippen molar-refractivity contribution in [3.63, 3.8) is 0 Å². The van der Waals surface area contributed by atoms with Gasteiger partial charge in [-0.2, -0.15) is 0 Å². The van der Waals surface area contributed by atoms with Gasteiger partial charge >= 0.3 is 0 Å². The Kier molecular flexibility index (Phi) is 2.64. The van der Waals surface area contributed by atoms with Crippen LogP contribution in [-0.4, -0.2) is 19.8 Å². The van der Waals surface area contributed by atoms with Gasteiger partial charge in [0.05, 0.1) is 5.69 Å². The fourth-order valence-corrected chi connectivity index (χ4v) is 3.30. The van der Waals surface area contributed by atoms with E-state index in [1.807, 2.05) is 24.3 Å². The van der Waals surface area contributed by atoms with Gasteiger partial charge < -0.3 is 10.2 Å². The van der Waals surface area contributed by atoms with Crippen molar-refractivity contribution in [2.75, 3.05) is 0 Å². The van der Waals surface area contributed by atoms with Gasteiger partial charge in [0.15, 0.2) is 0 Å². The van der Waals surface area contributed by atoms with Crippen molar-refractivity contribution in [2.24, 2.45) is 0 Å². The molecule has 4 rings (SSSR count). The lowest BCUT2D eigenvalue weighted by Crippen LogP contribution is -1.98. The molecule has 0 saturated heterocycles. The molecule has 0 saturated carbocycles. The second kappa shape index (κ2) is 4.52. The maximum absolute atomic E-state index is 10.6. The van der Waals surface area contributed by atoms with Gasteiger partial charge in [0.2, 0.25) is 11.8 Å². The highest BCUT2D eigenvalue weighted by atomic mass is 16.3. The maximum atomic E-state index is 10.6. The fourth-order valence-electron chi connectivity index (χ4n) is 3.30. The first-order chi connectivity index (χ1) is 10.3. The Morgan fingerprint density at radius 2 is 1.67 bits per heavy atom. The minimum atomic E-state index is 0.173. The molecule has 0 spiro atoms. The van der Waals surface area contributed by atoms with Gasteiger partial charge in [-0.1, -0.05) is 12.1 Å². The Bertz CT molecular complexity index is 801. The third-order valence-corrected chi connectivity index (χ3v) is 4.33. The molecule has 0 unspecified atom stereocenters. The Morgan fingerprint density at radius 3 is 2.38 bits per heavy atom. The van der Waals surface area contributed by atoms with Crippen LogP contribution in [0.2, 0.25) is 0 Å². The molecule has 1 aliphatic rings. The summed E-state index contributed by atoms with van der Waals surface area (Å²) in [6.45, 7) is 0. The van der Waals surface area contributed by atoms with E-state index in [1.54, 1.807) is 17.0 Å². The van der Waals surface area contributed by atoms with Gasteiger partial charge in [0.1, 0.15) is 0 Å². The first-order valence-electron chi connectivity index (χ1n) is 7.25. The summed E-state index contributed by atoms with van der Waals surface area (Å²) in [7, 11) is 0. The van der Waals surface area contributed by atoms with Gasteiger partial charge in [-0.15, -0.1) is 0 Å². The number of pyridine rings is 1. The predicted octanol–water partition coefficient (Wildman–Crippen LogP) is 3.32. The highest BCUT2D eigenvalue weighted by Gasteiger charge is 2.25. The van der Waals surface area contributed by atoms with Gasteiger partial charge in [-0.25, -0.2) is 0 Å². The fraction of sp³-hybridized carbons (Fsp3) is 0.235.